The molecule has 7 nitrogen and oxygen atoms in total. The van der Waals surface area contributed by atoms with Crippen LogP contribution in [-0.2, 0) is 19.4 Å². The van der Waals surface area contributed by atoms with E-state index in [-0.39, 0.29) is 0 Å². The second kappa shape index (κ2) is 10.2. The maximum atomic E-state index is 6.14. The lowest BCUT2D eigenvalue weighted by Gasteiger charge is -2.20. The molecule has 1 atom stereocenters. The van der Waals surface area contributed by atoms with E-state index in [1.54, 1.807) is 0 Å². The fourth-order valence-corrected chi connectivity index (χ4v) is 4.54. The number of nitrogens with one attached hydrogen (secondary N) is 2. The van der Waals surface area contributed by atoms with E-state index in [1.807, 2.05) is 25.2 Å². The molecule has 1 saturated heterocycles. The van der Waals surface area contributed by atoms with Gasteiger partial charge in [0.15, 0.2) is 5.96 Å². The zero-order valence-electron chi connectivity index (χ0n) is 17.8. The molecule has 0 saturated carbocycles. The van der Waals surface area contributed by atoms with E-state index in [0.717, 1.165) is 68.7 Å². The summed E-state index contributed by atoms with van der Waals surface area (Å²) in [7, 11) is 1.83. The Morgan fingerprint density at radius 2 is 2.17 bits per heavy atom. The average Bonchev–Trinajstić information content (AvgIpc) is 3.30. The minimum atomic E-state index is 0.377. The summed E-state index contributed by atoms with van der Waals surface area (Å²) in [6, 6.07) is 8.45. The first-order chi connectivity index (χ1) is 14.7. The molecule has 1 unspecified atom stereocenters. The third kappa shape index (κ3) is 5.25. The molecule has 4 rings (SSSR count). The largest absolute Gasteiger partial charge is 0.369 e. The number of benzene rings is 1. The molecule has 0 aliphatic carbocycles. The van der Waals surface area contributed by atoms with Crippen LogP contribution in [0.5, 0.6) is 0 Å². The van der Waals surface area contributed by atoms with E-state index in [0.29, 0.717) is 6.04 Å². The smallest absolute Gasteiger partial charge is 0.191 e. The van der Waals surface area contributed by atoms with Crippen molar-refractivity contribution in [1.82, 2.24) is 25.4 Å². The van der Waals surface area contributed by atoms with Gasteiger partial charge in [-0.25, -0.2) is 0 Å². The van der Waals surface area contributed by atoms with Crippen molar-refractivity contribution in [2.75, 3.05) is 31.6 Å². The molecule has 8 heteroatoms. The maximum Gasteiger partial charge on any atom is 0.191 e. The SMILES string of the molecule is CN=C(NCCCc1nnc2n1CCCCC2)NC1CCN(c2cccc(Cl)c2)C1. The van der Waals surface area contributed by atoms with Gasteiger partial charge in [0.1, 0.15) is 11.6 Å². The minimum Gasteiger partial charge on any atom is -0.369 e. The van der Waals surface area contributed by atoms with Crippen LogP contribution in [0.25, 0.3) is 0 Å². The summed E-state index contributed by atoms with van der Waals surface area (Å²) in [5.41, 5.74) is 1.18. The second-order valence-electron chi connectivity index (χ2n) is 8.15. The third-order valence-electron chi connectivity index (χ3n) is 5.98. The van der Waals surface area contributed by atoms with Gasteiger partial charge in [0.25, 0.3) is 0 Å². The molecule has 30 heavy (non-hydrogen) atoms. The van der Waals surface area contributed by atoms with Gasteiger partial charge in [-0.1, -0.05) is 24.1 Å². The average molecular weight is 430 g/mol. The molecule has 1 aromatic heterocycles. The van der Waals surface area contributed by atoms with Crippen molar-refractivity contribution in [3.8, 4) is 0 Å². The first-order valence-electron chi connectivity index (χ1n) is 11.1. The van der Waals surface area contributed by atoms with Gasteiger partial charge in [-0.05, 0) is 43.9 Å². The Hall–Kier alpha value is -2.28. The first kappa shape index (κ1) is 21.0. The molecule has 0 amide bonds. The van der Waals surface area contributed by atoms with E-state index in [9.17, 15) is 0 Å². The lowest BCUT2D eigenvalue weighted by atomic mass is 10.2. The lowest BCUT2D eigenvalue weighted by Crippen LogP contribution is -2.45. The van der Waals surface area contributed by atoms with Gasteiger partial charge < -0.3 is 20.1 Å². The molecule has 0 spiro atoms. The predicted molar refractivity (Wildman–Crippen MR) is 122 cm³/mol. The molecule has 2 aliphatic rings. The number of rotatable bonds is 6. The van der Waals surface area contributed by atoms with Crippen LogP contribution >= 0.6 is 11.6 Å². The van der Waals surface area contributed by atoms with Crippen molar-refractivity contribution >= 4 is 23.2 Å². The van der Waals surface area contributed by atoms with Gasteiger partial charge in [-0.2, -0.15) is 0 Å². The van der Waals surface area contributed by atoms with E-state index in [1.165, 1.54) is 30.8 Å². The van der Waals surface area contributed by atoms with Crippen LogP contribution in [0, 0.1) is 0 Å². The topological polar surface area (TPSA) is 70.4 Å². The maximum absolute atomic E-state index is 6.14. The molecule has 0 bridgehead atoms. The molecule has 162 valence electrons. The molecule has 0 radical (unpaired) electrons. The van der Waals surface area contributed by atoms with Crippen LogP contribution in [0.15, 0.2) is 29.3 Å². The quantitative estimate of drug-likeness (QED) is 0.419. The van der Waals surface area contributed by atoms with Crippen LogP contribution in [0.3, 0.4) is 0 Å². The van der Waals surface area contributed by atoms with E-state index in [4.69, 9.17) is 11.6 Å². The van der Waals surface area contributed by atoms with Gasteiger partial charge in [-0.3, -0.25) is 4.99 Å². The molecular weight excluding hydrogens is 398 g/mol. The summed E-state index contributed by atoms with van der Waals surface area (Å²) in [5, 5.41) is 16.6. The zero-order valence-corrected chi connectivity index (χ0v) is 18.5. The molecule has 2 aromatic rings. The van der Waals surface area contributed by atoms with Crippen LogP contribution < -0.4 is 15.5 Å². The highest BCUT2D eigenvalue weighted by Gasteiger charge is 2.23. The third-order valence-corrected chi connectivity index (χ3v) is 6.22. The van der Waals surface area contributed by atoms with E-state index in [2.05, 4.69) is 41.4 Å². The fourth-order valence-electron chi connectivity index (χ4n) is 4.36. The zero-order chi connectivity index (χ0) is 20.8. The van der Waals surface area contributed by atoms with Gasteiger partial charge >= 0.3 is 0 Å². The Kier molecular flexibility index (Phi) is 7.10. The van der Waals surface area contributed by atoms with Crippen molar-refractivity contribution in [1.29, 1.82) is 0 Å². The Bertz CT molecular complexity index is 863. The van der Waals surface area contributed by atoms with Gasteiger partial charge in [0.05, 0.1) is 0 Å². The Morgan fingerprint density at radius 1 is 1.23 bits per heavy atom. The molecule has 1 fully saturated rings. The van der Waals surface area contributed by atoms with E-state index < -0.39 is 0 Å². The van der Waals surface area contributed by atoms with Crippen molar-refractivity contribution in [2.45, 2.75) is 57.5 Å². The molecule has 2 N–H and O–H groups in total. The highest BCUT2D eigenvalue weighted by molar-refractivity contribution is 6.30. The van der Waals surface area contributed by atoms with Crippen molar-refractivity contribution in [3.05, 3.63) is 40.9 Å². The summed E-state index contributed by atoms with van der Waals surface area (Å²) in [6.45, 7) is 3.91. The second-order valence-corrected chi connectivity index (χ2v) is 8.59. The Labute approximate surface area is 183 Å². The summed E-state index contributed by atoms with van der Waals surface area (Å²) < 4.78 is 2.34. The number of nitrogens with zero attached hydrogens (tertiary/aromatic N) is 5. The summed E-state index contributed by atoms with van der Waals surface area (Å²) in [5.74, 6) is 3.16. The summed E-state index contributed by atoms with van der Waals surface area (Å²) >= 11 is 6.14. The number of aromatic nitrogens is 3. The Morgan fingerprint density at radius 3 is 3.03 bits per heavy atom. The normalized spacial score (nSPS) is 19.5. The van der Waals surface area contributed by atoms with Crippen LogP contribution in [0.4, 0.5) is 5.69 Å². The molecule has 2 aliphatic heterocycles. The number of anilines is 1. The molecular formula is C22H32ClN7. The standard InChI is InChI=1S/C22H32ClN7/c1-24-22(26-18-11-14-29(16-18)19-8-5-7-17(23)15-19)25-12-6-10-21-28-27-20-9-3-2-4-13-30(20)21/h5,7-8,15,18H,2-4,6,9-14,16H2,1H3,(H2,24,25,26). The van der Waals surface area contributed by atoms with Gasteiger partial charge in [-0.15, -0.1) is 10.2 Å². The van der Waals surface area contributed by atoms with E-state index >= 15 is 0 Å². The van der Waals surface area contributed by atoms with Crippen molar-refractivity contribution in [2.24, 2.45) is 4.99 Å². The highest BCUT2D eigenvalue weighted by Crippen LogP contribution is 2.23. The van der Waals surface area contributed by atoms with Crippen molar-refractivity contribution in [3.63, 3.8) is 0 Å². The van der Waals surface area contributed by atoms with Gasteiger partial charge in [0, 0.05) is 62.8 Å². The molecule has 1 aromatic carbocycles. The molecule has 3 heterocycles. The monoisotopic (exact) mass is 429 g/mol. The number of hydrogen-bond acceptors (Lipinski definition) is 4. The van der Waals surface area contributed by atoms with Crippen molar-refractivity contribution < 1.29 is 0 Å². The summed E-state index contributed by atoms with van der Waals surface area (Å²) in [4.78, 5) is 6.77. The van der Waals surface area contributed by atoms with Crippen LogP contribution in [0.1, 0.15) is 43.8 Å². The summed E-state index contributed by atoms with van der Waals surface area (Å²) in [6.07, 6.45) is 7.87. The van der Waals surface area contributed by atoms with Crippen LogP contribution in [-0.4, -0.2) is 53.4 Å². The highest BCUT2D eigenvalue weighted by atomic mass is 35.5. The predicted octanol–water partition coefficient (Wildman–Crippen LogP) is 3.03. The number of halogens is 1. The number of fused-ring (bicyclic) bond motifs is 1. The van der Waals surface area contributed by atoms with Crippen LogP contribution in [0.2, 0.25) is 5.02 Å². The number of aryl methyl sites for hydroxylation is 2. The first-order valence-corrected chi connectivity index (χ1v) is 11.5. The van der Waals surface area contributed by atoms with Gasteiger partial charge in [0.2, 0.25) is 0 Å². The minimum absolute atomic E-state index is 0.377. The number of aliphatic imine (C=N–C) groups is 1. The fraction of sp³-hybridized carbons (Fsp3) is 0.591. The Balaban J connectivity index is 1.21. The lowest BCUT2D eigenvalue weighted by molar-refractivity contribution is 0.591. The number of hydrogen-bond donors (Lipinski definition) is 2. The number of guanidine groups is 1.